The lowest BCUT2D eigenvalue weighted by atomic mass is 9.71. The molecule has 7 aliphatic rings. The van der Waals surface area contributed by atoms with Gasteiger partial charge in [-0.05, 0) is 24.5 Å². The number of carbonyl (C=O) groups is 2. The zero-order valence-corrected chi connectivity index (χ0v) is 34.6. The van der Waals surface area contributed by atoms with Gasteiger partial charge in [-0.3, -0.25) is 4.90 Å². The summed E-state index contributed by atoms with van der Waals surface area (Å²) >= 11 is 0. The third kappa shape index (κ3) is 7.55. The van der Waals surface area contributed by atoms with Crippen LogP contribution in [0, 0.1) is 23.7 Å². The topological polar surface area (TPSA) is 308 Å². The number of aliphatic hydroxyl groups excluding tert-OH is 8. The van der Waals surface area contributed by atoms with Crippen LogP contribution in [0.25, 0.3) is 0 Å². The Morgan fingerprint density at radius 2 is 1.38 bits per heavy atom. The van der Waals surface area contributed by atoms with Gasteiger partial charge in [-0.25, -0.2) is 9.59 Å². The lowest BCUT2D eigenvalue weighted by Crippen LogP contribution is -2.61. The number of benzene rings is 1. The van der Waals surface area contributed by atoms with Crippen molar-refractivity contribution in [1.29, 1.82) is 0 Å². The van der Waals surface area contributed by atoms with Crippen LogP contribution in [0.5, 0.6) is 0 Å². The second kappa shape index (κ2) is 18.2. The average molecular weight is 903 g/mol. The highest BCUT2D eigenvalue weighted by atomic mass is 16.8. The summed E-state index contributed by atoms with van der Waals surface area (Å²) in [7, 11) is 1.18. The van der Waals surface area contributed by atoms with Crippen molar-refractivity contribution in [2.75, 3.05) is 31.8 Å². The molecule has 1 aromatic carbocycles. The number of esters is 1. The monoisotopic (exact) mass is 902 g/mol. The highest BCUT2D eigenvalue weighted by molar-refractivity contribution is 5.90. The highest BCUT2D eigenvalue weighted by Crippen LogP contribution is 2.57. The molecule has 7 aliphatic heterocycles. The van der Waals surface area contributed by atoms with Crippen molar-refractivity contribution in [1.82, 2.24) is 4.90 Å². The predicted molar refractivity (Wildman–Crippen MR) is 214 cm³/mol. The molecule has 350 valence electrons. The molecule has 8 rings (SSSR count). The molecule has 0 saturated carbocycles. The Kier molecular flexibility index (Phi) is 13.1. The molecule has 0 spiro atoms. The van der Waals surface area contributed by atoms with Crippen molar-refractivity contribution in [3.8, 4) is 0 Å². The fraction of sp³-hybridized carbons (Fsp3) is 0.581. The standard InChI is InChI=1S/C43H54N2O19/c1-4-18-20(22(36(54)55)16-59-38(18)63-40-34(52)32(50)30(48)27(14-46)61-40)12-26-21(13-45-25-9-7-6-8-24(25)43(57)10-11-44(26)42(43)45)29-19(5-2)39(60-17-23(29)37(56)58-3)64-41-35(53)33(51)31(49)28(15-47)62-41/h4-9,13,16-20,26-35,38-42,46-53,57H,1-2,10-12,14-15H2,3H3,(H,54,55)/t18-,19-,20+,26+,27-,28-,29-,30-,31-,32+,33+,34-,35-,38+,39+,40+,41+,42-,43-/m1/s1. The molecule has 10 N–H and O–H groups in total. The number of fused-ring (bicyclic) bond motifs is 3. The molecule has 0 aliphatic carbocycles. The molecule has 0 bridgehead atoms. The molecule has 3 saturated heterocycles. The molecule has 0 unspecified atom stereocenters. The Hall–Kier alpha value is -4.30. The lowest BCUT2D eigenvalue weighted by Gasteiger charge is -2.50. The summed E-state index contributed by atoms with van der Waals surface area (Å²) < 4.78 is 40.4. The van der Waals surface area contributed by atoms with Crippen LogP contribution in [0.3, 0.4) is 0 Å². The minimum atomic E-state index is -1.81. The van der Waals surface area contributed by atoms with E-state index in [9.17, 15) is 60.7 Å². The number of carboxylic acids is 1. The first-order chi connectivity index (χ1) is 30.6. The van der Waals surface area contributed by atoms with Gasteiger partial charge in [0, 0.05) is 47.8 Å². The number of carboxylic acid groups (broad SMARTS) is 1. The Morgan fingerprint density at radius 1 is 0.812 bits per heavy atom. The van der Waals surface area contributed by atoms with E-state index in [1.165, 1.54) is 19.3 Å². The summed E-state index contributed by atoms with van der Waals surface area (Å²) in [4.78, 5) is 30.8. The van der Waals surface area contributed by atoms with Gasteiger partial charge in [0.25, 0.3) is 0 Å². The van der Waals surface area contributed by atoms with E-state index in [2.05, 4.69) is 13.2 Å². The summed E-state index contributed by atoms with van der Waals surface area (Å²) in [5.41, 5.74) is 0.188. The smallest absolute Gasteiger partial charge is 0.337 e. The molecule has 19 atom stereocenters. The molecule has 21 heteroatoms. The SMILES string of the molecule is C=C[C@H]1[C@H](O[C@@H]2O[C@H](CO)[C@@H](O)[C@H](O)[C@H]2O)OC=C(C(=O)OC)[C@H]1C1=CN2c3ccccc3[C@]3(O)CCN([C@H]1C[C@@H]1C(C(=O)O)=CO[C@@H](O[C@@H]4O[C@H](CO)[C@@H](O)[C@H](O)[C@H]4O)[C@@H]1C=C)[C@H]23. The summed E-state index contributed by atoms with van der Waals surface area (Å²) in [6, 6.07) is 6.45. The minimum Gasteiger partial charge on any atom is -0.478 e. The number of para-hydroxylation sites is 1. The lowest BCUT2D eigenvalue weighted by molar-refractivity contribution is -0.339. The fourth-order valence-corrected chi connectivity index (χ4v) is 10.4. The molecule has 64 heavy (non-hydrogen) atoms. The summed E-state index contributed by atoms with van der Waals surface area (Å²) in [6.07, 6.45) is -13.1. The summed E-state index contributed by atoms with van der Waals surface area (Å²) in [5.74, 6) is -6.29. The first kappa shape index (κ1) is 46.2. The quantitative estimate of drug-likeness (QED) is 0.0728. The van der Waals surface area contributed by atoms with Crippen LogP contribution in [0.1, 0.15) is 18.4 Å². The number of hydrogen-bond acceptors (Lipinski definition) is 20. The summed E-state index contributed by atoms with van der Waals surface area (Å²) in [6.45, 7) is 6.82. The van der Waals surface area contributed by atoms with Gasteiger partial charge in [-0.15, -0.1) is 13.2 Å². The number of methoxy groups -OCH3 is 1. The van der Waals surface area contributed by atoms with Crippen molar-refractivity contribution in [3.05, 3.63) is 90.6 Å². The highest BCUT2D eigenvalue weighted by Gasteiger charge is 2.62. The van der Waals surface area contributed by atoms with Crippen LogP contribution in [-0.2, 0) is 48.3 Å². The average Bonchev–Trinajstić information content (AvgIpc) is 3.78. The maximum atomic E-state index is 13.8. The van der Waals surface area contributed by atoms with Crippen molar-refractivity contribution in [2.45, 2.75) is 105 Å². The number of aliphatic carboxylic acids is 1. The third-order valence-electron chi connectivity index (χ3n) is 13.6. The van der Waals surface area contributed by atoms with E-state index in [1.807, 2.05) is 34.1 Å². The van der Waals surface area contributed by atoms with Gasteiger partial charge in [-0.2, -0.15) is 0 Å². The Labute approximate surface area is 366 Å². The number of rotatable bonds is 13. The van der Waals surface area contributed by atoms with Crippen LogP contribution in [-0.4, -0.2) is 181 Å². The van der Waals surface area contributed by atoms with Crippen LogP contribution < -0.4 is 4.90 Å². The third-order valence-corrected chi connectivity index (χ3v) is 13.6. The van der Waals surface area contributed by atoms with Crippen LogP contribution in [0.15, 0.2) is 85.0 Å². The fourth-order valence-electron chi connectivity index (χ4n) is 10.4. The number of anilines is 1. The molecule has 21 nitrogen and oxygen atoms in total. The van der Waals surface area contributed by atoms with E-state index in [0.717, 1.165) is 12.5 Å². The number of carbonyl (C=O) groups excluding carboxylic acids is 1. The first-order valence-electron chi connectivity index (χ1n) is 20.9. The Balaban J connectivity index is 1.21. The van der Waals surface area contributed by atoms with Gasteiger partial charge in [-0.1, -0.05) is 30.4 Å². The van der Waals surface area contributed by atoms with E-state index >= 15 is 0 Å². The van der Waals surface area contributed by atoms with Crippen molar-refractivity contribution >= 4 is 17.6 Å². The van der Waals surface area contributed by atoms with E-state index in [1.54, 1.807) is 6.20 Å². The van der Waals surface area contributed by atoms with Gasteiger partial charge in [0.15, 0.2) is 12.6 Å². The molecule has 1 aromatic rings. The van der Waals surface area contributed by atoms with Gasteiger partial charge in [0.2, 0.25) is 12.6 Å². The maximum Gasteiger partial charge on any atom is 0.337 e. The first-order valence-corrected chi connectivity index (χ1v) is 20.9. The van der Waals surface area contributed by atoms with Gasteiger partial charge in [0.05, 0.1) is 49.9 Å². The molecular formula is C43H54N2O19. The minimum absolute atomic E-state index is 0.0113. The number of nitrogens with zero attached hydrogens (tertiary/aromatic N) is 2. The molecule has 0 aromatic heterocycles. The van der Waals surface area contributed by atoms with Crippen LogP contribution in [0.4, 0.5) is 5.69 Å². The van der Waals surface area contributed by atoms with E-state index < -0.39 is 141 Å². The van der Waals surface area contributed by atoms with Crippen LogP contribution in [0.2, 0.25) is 0 Å². The normalized spacial score (nSPS) is 42.8. The number of hydrogen-bond donors (Lipinski definition) is 10. The zero-order valence-electron chi connectivity index (χ0n) is 34.6. The van der Waals surface area contributed by atoms with Gasteiger partial charge in [0.1, 0.15) is 60.6 Å². The van der Waals surface area contributed by atoms with E-state index in [-0.39, 0.29) is 30.5 Å². The van der Waals surface area contributed by atoms with Crippen LogP contribution >= 0.6 is 0 Å². The van der Waals surface area contributed by atoms with Crippen molar-refractivity contribution in [2.24, 2.45) is 23.7 Å². The van der Waals surface area contributed by atoms with E-state index in [0.29, 0.717) is 16.8 Å². The Morgan fingerprint density at radius 3 is 1.92 bits per heavy atom. The van der Waals surface area contributed by atoms with Crippen molar-refractivity contribution in [3.63, 3.8) is 0 Å². The number of aliphatic hydroxyl groups is 9. The molecular weight excluding hydrogens is 848 g/mol. The van der Waals surface area contributed by atoms with Gasteiger partial charge < -0.3 is 89.1 Å². The predicted octanol–water partition coefficient (Wildman–Crippen LogP) is -2.41. The maximum absolute atomic E-state index is 13.8. The Bertz CT molecular complexity index is 2040. The second-order valence-corrected chi connectivity index (χ2v) is 16.9. The number of ether oxygens (including phenoxy) is 7. The van der Waals surface area contributed by atoms with E-state index in [4.69, 9.17) is 33.2 Å². The summed E-state index contributed by atoms with van der Waals surface area (Å²) in [5, 5.41) is 106. The molecule has 7 heterocycles. The largest absolute Gasteiger partial charge is 0.478 e. The van der Waals surface area contributed by atoms with Crippen molar-refractivity contribution < 1.29 is 93.8 Å². The second-order valence-electron chi connectivity index (χ2n) is 16.9. The molecule has 0 radical (unpaired) electrons. The molecule has 0 amide bonds. The molecule has 3 fully saturated rings. The van der Waals surface area contributed by atoms with Gasteiger partial charge >= 0.3 is 11.9 Å². The zero-order chi connectivity index (χ0) is 45.9.